The van der Waals surface area contributed by atoms with Crippen LogP contribution >= 0.6 is 0 Å². The van der Waals surface area contributed by atoms with Gasteiger partial charge in [0.25, 0.3) is 0 Å². The third-order valence-electron chi connectivity index (χ3n) is 1.82. The molecule has 9 heteroatoms. The Labute approximate surface area is 99.9 Å². The number of hydrogen-bond donors (Lipinski definition) is 3. The minimum absolute atomic E-state index is 0.331. The molecule has 1 rings (SSSR count). The van der Waals surface area contributed by atoms with Crippen LogP contribution in [-0.4, -0.2) is 22.7 Å². The van der Waals surface area contributed by atoms with E-state index in [1.165, 1.54) is 0 Å². The summed E-state index contributed by atoms with van der Waals surface area (Å²) >= 11 is 0. The third-order valence-corrected chi connectivity index (χ3v) is 3.84. The van der Waals surface area contributed by atoms with Gasteiger partial charge in [-0.2, -0.15) is 4.72 Å². The molecule has 0 aliphatic carbocycles. The Bertz CT molecular complexity index is 578. The van der Waals surface area contributed by atoms with E-state index in [2.05, 4.69) is 5.14 Å². The van der Waals surface area contributed by atoms with Crippen molar-refractivity contribution in [3.05, 3.63) is 29.8 Å². The molecule has 0 unspecified atom stereocenters. The minimum atomic E-state index is -3.87. The van der Waals surface area contributed by atoms with Crippen LogP contribution in [0.15, 0.2) is 24.3 Å². The van der Waals surface area contributed by atoms with Crippen LogP contribution in [-0.2, 0) is 25.8 Å². The molecule has 0 heterocycles. The number of rotatable bonds is 5. The topological polar surface area (TPSA) is 132 Å². The van der Waals surface area contributed by atoms with Crippen molar-refractivity contribution < 1.29 is 16.8 Å². The molecule has 1 aromatic carbocycles. The number of nitrogen functional groups attached to an aromatic ring is 1. The minimum Gasteiger partial charge on any atom is -0.399 e. The summed E-state index contributed by atoms with van der Waals surface area (Å²) in [4.78, 5) is 0. The van der Waals surface area contributed by atoms with Crippen molar-refractivity contribution in [2.75, 3.05) is 11.6 Å². The number of sulfonamides is 2. The molecule has 7 nitrogen and oxygen atoms in total. The Morgan fingerprint density at radius 3 is 2.06 bits per heavy atom. The first kappa shape index (κ1) is 13.9. The number of hydrogen-bond acceptors (Lipinski definition) is 5. The maximum atomic E-state index is 11.5. The fourth-order valence-electron chi connectivity index (χ4n) is 1.06. The fourth-order valence-corrected chi connectivity index (χ4v) is 3.16. The highest BCUT2D eigenvalue weighted by Crippen LogP contribution is 2.08. The highest BCUT2D eigenvalue weighted by Gasteiger charge is 2.14. The van der Waals surface area contributed by atoms with Gasteiger partial charge in [0, 0.05) is 5.69 Å². The van der Waals surface area contributed by atoms with Crippen molar-refractivity contribution in [1.82, 2.24) is 4.72 Å². The quantitative estimate of drug-likeness (QED) is 0.591. The predicted molar refractivity (Wildman–Crippen MR) is 64.6 cm³/mol. The van der Waals surface area contributed by atoms with Crippen LogP contribution in [0, 0.1) is 0 Å². The molecule has 0 fully saturated rings. The van der Waals surface area contributed by atoms with Gasteiger partial charge in [-0.3, -0.25) is 0 Å². The molecule has 96 valence electrons. The SMILES string of the molecule is Nc1ccc(CS(=O)(=O)NCS(N)(=O)=O)cc1. The van der Waals surface area contributed by atoms with E-state index in [1.54, 1.807) is 24.3 Å². The van der Waals surface area contributed by atoms with E-state index in [4.69, 9.17) is 5.73 Å². The lowest BCUT2D eigenvalue weighted by Crippen LogP contribution is -2.33. The Hall–Kier alpha value is -1.16. The molecule has 0 spiro atoms. The van der Waals surface area contributed by atoms with Crippen LogP contribution in [0.4, 0.5) is 5.69 Å². The van der Waals surface area contributed by atoms with Crippen molar-refractivity contribution in [1.29, 1.82) is 0 Å². The maximum Gasteiger partial charge on any atom is 0.223 e. The van der Waals surface area contributed by atoms with Gasteiger partial charge in [-0.05, 0) is 17.7 Å². The molecular formula is C8H13N3O4S2. The standard InChI is InChI=1S/C8H13N3O4S2/c9-8-3-1-7(2-4-8)5-17(14,15)11-6-16(10,12)13/h1-4,11H,5-6,9H2,(H2,10,12,13). The second kappa shape index (κ2) is 5.00. The largest absolute Gasteiger partial charge is 0.399 e. The van der Waals surface area contributed by atoms with Crippen LogP contribution in [0.2, 0.25) is 0 Å². The Kier molecular flexibility index (Phi) is 4.09. The van der Waals surface area contributed by atoms with Crippen LogP contribution < -0.4 is 15.6 Å². The lowest BCUT2D eigenvalue weighted by molar-refractivity contribution is 0.576. The van der Waals surface area contributed by atoms with Crippen LogP contribution in [0.1, 0.15) is 5.56 Å². The summed E-state index contributed by atoms with van der Waals surface area (Å²) in [5, 5.41) is 4.68. The number of benzene rings is 1. The summed E-state index contributed by atoms with van der Waals surface area (Å²) in [7, 11) is -7.60. The van der Waals surface area contributed by atoms with Gasteiger partial charge in [-0.1, -0.05) is 12.1 Å². The van der Waals surface area contributed by atoms with E-state index in [9.17, 15) is 16.8 Å². The molecule has 0 amide bonds. The van der Waals surface area contributed by atoms with Gasteiger partial charge in [0.15, 0.2) is 0 Å². The monoisotopic (exact) mass is 279 g/mol. The van der Waals surface area contributed by atoms with Gasteiger partial charge in [0.1, 0.15) is 5.88 Å². The van der Waals surface area contributed by atoms with E-state index >= 15 is 0 Å². The summed E-state index contributed by atoms with van der Waals surface area (Å²) in [5.41, 5.74) is 6.46. The second-order valence-electron chi connectivity index (χ2n) is 3.45. The summed E-state index contributed by atoms with van der Waals surface area (Å²) in [6.07, 6.45) is 0. The first-order valence-electron chi connectivity index (χ1n) is 4.50. The highest BCUT2D eigenvalue weighted by atomic mass is 32.2. The van der Waals surface area contributed by atoms with Crippen molar-refractivity contribution in [2.24, 2.45) is 5.14 Å². The van der Waals surface area contributed by atoms with Crippen LogP contribution in [0.5, 0.6) is 0 Å². The van der Waals surface area contributed by atoms with Gasteiger partial charge in [0.05, 0.1) is 5.75 Å². The average molecular weight is 279 g/mol. The van der Waals surface area contributed by atoms with E-state index in [-0.39, 0.29) is 5.75 Å². The van der Waals surface area contributed by atoms with E-state index in [0.29, 0.717) is 11.3 Å². The normalized spacial score (nSPS) is 12.5. The summed E-state index contributed by atoms with van der Waals surface area (Å²) < 4.78 is 46.0. The molecule has 17 heavy (non-hydrogen) atoms. The first-order valence-corrected chi connectivity index (χ1v) is 7.87. The molecule has 5 N–H and O–H groups in total. The molecule has 0 aliphatic rings. The van der Waals surface area contributed by atoms with E-state index in [0.717, 1.165) is 0 Å². The van der Waals surface area contributed by atoms with Gasteiger partial charge >= 0.3 is 0 Å². The second-order valence-corrected chi connectivity index (χ2v) is 6.87. The number of primary sulfonamides is 1. The molecule has 0 atom stereocenters. The molecule has 0 saturated carbocycles. The van der Waals surface area contributed by atoms with Crippen LogP contribution in [0.25, 0.3) is 0 Å². The first-order chi connectivity index (χ1) is 7.68. The maximum absolute atomic E-state index is 11.5. The Balaban J connectivity index is 2.70. The lowest BCUT2D eigenvalue weighted by atomic mass is 10.2. The molecule has 0 radical (unpaired) electrons. The Morgan fingerprint density at radius 1 is 1.06 bits per heavy atom. The Morgan fingerprint density at radius 2 is 1.59 bits per heavy atom. The molecule has 0 aliphatic heterocycles. The number of nitrogens with one attached hydrogen (secondary N) is 1. The predicted octanol–water partition coefficient (Wildman–Crippen LogP) is -1.07. The third kappa shape index (κ3) is 5.63. The number of anilines is 1. The summed E-state index contributed by atoms with van der Waals surface area (Å²) in [6.45, 7) is 0. The van der Waals surface area contributed by atoms with Gasteiger partial charge in [0.2, 0.25) is 20.0 Å². The summed E-state index contributed by atoms with van der Waals surface area (Å²) in [6, 6.07) is 6.21. The van der Waals surface area contributed by atoms with Crippen molar-refractivity contribution in [2.45, 2.75) is 5.75 Å². The van der Waals surface area contributed by atoms with Gasteiger partial charge < -0.3 is 5.73 Å². The average Bonchev–Trinajstić information content (AvgIpc) is 2.18. The smallest absolute Gasteiger partial charge is 0.223 e. The lowest BCUT2D eigenvalue weighted by Gasteiger charge is -2.05. The fraction of sp³-hybridized carbons (Fsp3) is 0.250. The van der Waals surface area contributed by atoms with Crippen LogP contribution in [0.3, 0.4) is 0 Å². The molecule has 0 bridgehead atoms. The molecule has 0 aromatic heterocycles. The van der Waals surface area contributed by atoms with Crippen molar-refractivity contribution in [3.8, 4) is 0 Å². The zero-order valence-corrected chi connectivity index (χ0v) is 10.5. The van der Waals surface area contributed by atoms with Crippen molar-refractivity contribution >= 4 is 25.7 Å². The van der Waals surface area contributed by atoms with Gasteiger partial charge in [-0.25, -0.2) is 22.0 Å². The molecular weight excluding hydrogens is 266 g/mol. The van der Waals surface area contributed by atoms with E-state index < -0.39 is 25.9 Å². The van der Waals surface area contributed by atoms with Gasteiger partial charge in [-0.15, -0.1) is 0 Å². The molecule has 0 saturated heterocycles. The highest BCUT2D eigenvalue weighted by molar-refractivity contribution is 7.92. The summed E-state index contributed by atoms with van der Waals surface area (Å²) in [5.74, 6) is -1.15. The zero-order chi connectivity index (χ0) is 13.1. The van der Waals surface area contributed by atoms with Crippen molar-refractivity contribution in [3.63, 3.8) is 0 Å². The molecule has 1 aromatic rings. The zero-order valence-electron chi connectivity index (χ0n) is 8.83. The van der Waals surface area contributed by atoms with E-state index in [1.807, 2.05) is 4.72 Å². The number of nitrogens with two attached hydrogens (primary N) is 2.